The van der Waals surface area contributed by atoms with Crippen LogP contribution in [0.1, 0.15) is 12.5 Å². The summed E-state index contributed by atoms with van der Waals surface area (Å²) in [4.78, 5) is 37.8. The van der Waals surface area contributed by atoms with Gasteiger partial charge in [0.05, 0.1) is 44.1 Å². The van der Waals surface area contributed by atoms with Gasteiger partial charge in [0.25, 0.3) is 5.91 Å². The second-order valence-electron chi connectivity index (χ2n) is 7.31. The lowest BCUT2D eigenvalue weighted by Crippen LogP contribution is -2.42. The van der Waals surface area contributed by atoms with Crippen LogP contribution in [0.4, 0.5) is 10.5 Å². The average molecular weight is 510 g/mol. The monoisotopic (exact) mass is 509 g/mol. The smallest absolute Gasteiger partial charge is 0.388 e. The summed E-state index contributed by atoms with van der Waals surface area (Å²) in [5.41, 5.74) is 0.471. The summed E-state index contributed by atoms with van der Waals surface area (Å²) in [6, 6.07) is 13.3. The minimum atomic E-state index is -1.11. The molecule has 2 aromatic carbocycles. The zero-order valence-corrected chi connectivity index (χ0v) is 20.4. The Bertz CT molecular complexity index is 1080. The molecule has 1 unspecified atom stereocenters. The molecule has 0 saturated carbocycles. The number of hydrogen-bond acceptors (Lipinski definition) is 8. The lowest BCUT2D eigenvalue weighted by molar-refractivity contribution is -0.148. The van der Waals surface area contributed by atoms with Gasteiger partial charge in [-0.1, -0.05) is 35.3 Å². The van der Waals surface area contributed by atoms with Crippen LogP contribution in [0.15, 0.2) is 53.6 Å². The van der Waals surface area contributed by atoms with Crippen molar-refractivity contribution in [1.29, 1.82) is 0 Å². The van der Waals surface area contributed by atoms with Crippen molar-refractivity contribution in [2.24, 2.45) is 10.5 Å². The first-order chi connectivity index (χ1) is 15.7. The first kappa shape index (κ1) is 24.9. The molecule has 33 heavy (non-hydrogen) atoms. The fourth-order valence-corrected chi connectivity index (χ4v) is 4.21. The molecule has 1 aliphatic rings. The largest absolute Gasteiger partial charge is 0.468 e. The molecule has 0 aromatic heterocycles. The summed E-state index contributed by atoms with van der Waals surface area (Å²) < 4.78 is 10.9. The number of anilines is 1. The van der Waals surface area contributed by atoms with E-state index in [1.165, 1.54) is 23.5 Å². The Kier molecular flexibility index (Phi) is 7.88. The molecule has 1 amide bonds. The van der Waals surface area contributed by atoms with Crippen LogP contribution >= 0.6 is 35.1 Å². The summed E-state index contributed by atoms with van der Waals surface area (Å²) in [6.45, 7) is 1.62. The summed E-state index contributed by atoms with van der Waals surface area (Å²) in [7, 11) is 2.53. The Labute approximate surface area is 205 Å². The Hall–Kier alpha value is -2.75. The number of nitrogens with zero attached hydrogens (tertiary/aromatic N) is 3. The van der Waals surface area contributed by atoms with Crippen molar-refractivity contribution in [1.82, 2.24) is 5.01 Å². The summed E-state index contributed by atoms with van der Waals surface area (Å²) in [6.07, 6.45) is 0. The topological polar surface area (TPSA) is 88.5 Å². The zero-order valence-electron chi connectivity index (χ0n) is 18.1. The van der Waals surface area contributed by atoms with Crippen LogP contribution < -0.4 is 4.31 Å². The highest BCUT2D eigenvalue weighted by molar-refractivity contribution is 8.15. The van der Waals surface area contributed by atoms with Gasteiger partial charge in [-0.15, -0.1) is 0 Å². The molecule has 1 atom stereocenters. The molecule has 0 bridgehead atoms. The highest BCUT2D eigenvalue weighted by atomic mass is 35.5. The van der Waals surface area contributed by atoms with Gasteiger partial charge in [0.15, 0.2) is 0 Å². The number of carbonyl (C=O) groups is 3. The number of benzene rings is 2. The molecule has 0 saturated heterocycles. The number of esters is 1. The number of carbonyl (C=O) groups excluding carboxylic acids is 3. The van der Waals surface area contributed by atoms with Crippen molar-refractivity contribution in [3.05, 3.63) is 64.1 Å². The van der Waals surface area contributed by atoms with E-state index in [0.29, 0.717) is 39.0 Å². The van der Waals surface area contributed by atoms with Gasteiger partial charge in [-0.2, -0.15) is 5.10 Å². The Morgan fingerprint density at radius 3 is 2.15 bits per heavy atom. The number of rotatable bonds is 5. The third-order valence-electron chi connectivity index (χ3n) is 4.95. The Balaban J connectivity index is 1.90. The van der Waals surface area contributed by atoms with Gasteiger partial charge in [0.2, 0.25) is 0 Å². The predicted octanol–water partition coefficient (Wildman–Crippen LogP) is 4.64. The van der Waals surface area contributed by atoms with Crippen molar-refractivity contribution in [2.45, 2.75) is 6.92 Å². The minimum Gasteiger partial charge on any atom is -0.468 e. The van der Waals surface area contributed by atoms with Crippen molar-refractivity contribution in [3.63, 3.8) is 0 Å². The van der Waals surface area contributed by atoms with Gasteiger partial charge < -0.3 is 9.47 Å². The molecule has 0 spiro atoms. The van der Waals surface area contributed by atoms with Gasteiger partial charge in [0.1, 0.15) is 12.0 Å². The molecule has 174 valence electrons. The third kappa shape index (κ3) is 5.61. The average Bonchev–Trinajstić information content (AvgIpc) is 3.14. The van der Waals surface area contributed by atoms with Crippen LogP contribution in [-0.2, 0) is 19.1 Å². The lowest BCUT2D eigenvalue weighted by Gasteiger charge is -2.25. The third-order valence-corrected chi connectivity index (χ3v) is 6.37. The van der Waals surface area contributed by atoms with E-state index in [1.807, 2.05) is 0 Å². The van der Waals surface area contributed by atoms with Crippen molar-refractivity contribution >= 4 is 63.7 Å². The maximum atomic E-state index is 13.2. The van der Waals surface area contributed by atoms with Crippen LogP contribution in [0.5, 0.6) is 0 Å². The fourth-order valence-electron chi connectivity index (χ4n) is 3.35. The van der Waals surface area contributed by atoms with E-state index in [-0.39, 0.29) is 13.1 Å². The van der Waals surface area contributed by atoms with Crippen LogP contribution in [0.2, 0.25) is 10.0 Å². The number of amides is 1. The molecule has 0 N–H and O–H groups in total. The normalized spacial score (nSPS) is 17.4. The SMILES string of the molecule is COC(=O)SN(C(=O)CN1CC(C)(C(=O)OC)C(c2ccc(Cl)cc2)=N1)c1ccc(Cl)cc1. The van der Waals surface area contributed by atoms with E-state index in [4.69, 9.17) is 32.7 Å². The van der Waals surface area contributed by atoms with Crippen LogP contribution in [0.25, 0.3) is 0 Å². The summed E-state index contributed by atoms with van der Waals surface area (Å²) >= 11 is 12.5. The van der Waals surface area contributed by atoms with E-state index >= 15 is 0 Å². The van der Waals surface area contributed by atoms with E-state index in [9.17, 15) is 14.4 Å². The number of halogens is 2. The molecule has 3 rings (SSSR count). The lowest BCUT2D eigenvalue weighted by atomic mass is 9.82. The first-order valence-electron chi connectivity index (χ1n) is 9.70. The highest BCUT2D eigenvalue weighted by Crippen LogP contribution is 2.34. The maximum Gasteiger partial charge on any atom is 0.388 e. The molecule has 11 heteroatoms. The maximum absolute atomic E-state index is 13.2. The van der Waals surface area contributed by atoms with E-state index in [0.717, 1.165) is 0 Å². The van der Waals surface area contributed by atoms with E-state index in [2.05, 4.69) is 5.10 Å². The molecule has 1 aliphatic heterocycles. The second-order valence-corrected chi connectivity index (χ2v) is 9.07. The van der Waals surface area contributed by atoms with Gasteiger partial charge in [-0.3, -0.25) is 14.6 Å². The summed E-state index contributed by atoms with van der Waals surface area (Å²) in [5, 5.41) is 6.40. The predicted molar refractivity (Wildman–Crippen MR) is 129 cm³/mol. The Morgan fingerprint density at radius 1 is 1.03 bits per heavy atom. The number of methoxy groups -OCH3 is 2. The molecule has 8 nitrogen and oxygen atoms in total. The van der Waals surface area contributed by atoms with E-state index < -0.39 is 22.6 Å². The number of hydrazone groups is 1. The van der Waals surface area contributed by atoms with Gasteiger partial charge in [0, 0.05) is 10.0 Å². The molecule has 2 aromatic rings. The van der Waals surface area contributed by atoms with Crippen molar-refractivity contribution in [2.75, 3.05) is 31.6 Å². The number of hydrogen-bond donors (Lipinski definition) is 0. The fraction of sp³-hybridized carbons (Fsp3) is 0.273. The molecule has 0 radical (unpaired) electrons. The van der Waals surface area contributed by atoms with Crippen molar-refractivity contribution < 1.29 is 23.9 Å². The molecule has 1 heterocycles. The summed E-state index contributed by atoms with van der Waals surface area (Å²) in [5.74, 6) is -0.925. The quantitative estimate of drug-likeness (QED) is 0.428. The van der Waals surface area contributed by atoms with Gasteiger partial charge >= 0.3 is 11.3 Å². The van der Waals surface area contributed by atoms with Gasteiger partial charge in [-0.05, 0) is 48.9 Å². The second kappa shape index (κ2) is 10.5. The molecule has 0 fully saturated rings. The van der Waals surface area contributed by atoms with E-state index in [1.54, 1.807) is 55.5 Å². The standard InChI is InChI=1S/C22H21Cl2N3O5S/c1-22(20(29)31-2)13-26(25-19(22)14-4-6-15(23)7-5-14)12-18(28)27(33-21(30)32-3)17-10-8-16(24)9-11-17/h4-11H,12-13H2,1-3H3. The highest BCUT2D eigenvalue weighted by Gasteiger charge is 2.47. The van der Waals surface area contributed by atoms with Crippen LogP contribution in [0.3, 0.4) is 0 Å². The first-order valence-corrected chi connectivity index (χ1v) is 11.2. The minimum absolute atomic E-state index is 0.112. The molecular formula is C22H21Cl2N3O5S. The van der Waals surface area contributed by atoms with Crippen LogP contribution in [-0.4, -0.2) is 55.2 Å². The Morgan fingerprint density at radius 2 is 1.61 bits per heavy atom. The molecule has 0 aliphatic carbocycles. The van der Waals surface area contributed by atoms with Crippen molar-refractivity contribution in [3.8, 4) is 0 Å². The number of ether oxygens (including phenoxy) is 2. The van der Waals surface area contributed by atoms with Gasteiger partial charge in [-0.25, -0.2) is 9.10 Å². The van der Waals surface area contributed by atoms with Crippen LogP contribution in [0, 0.1) is 5.41 Å². The zero-order chi connectivity index (χ0) is 24.2. The molecular weight excluding hydrogens is 489 g/mol.